The van der Waals surface area contributed by atoms with Gasteiger partial charge in [-0.1, -0.05) is 6.08 Å². The number of rotatable bonds is 3. The molecule has 1 atom stereocenters. The highest BCUT2D eigenvalue weighted by Crippen LogP contribution is 2.19. The van der Waals surface area contributed by atoms with E-state index in [9.17, 15) is 14.1 Å². The molecule has 0 bridgehead atoms. The first-order valence-electron chi connectivity index (χ1n) is 4.01. The summed E-state index contributed by atoms with van der Waals surface area (Å²) < 4.78 is 15.0. The predicted octanol–water partition coefficient (Wildman–Crippen LogP) is 0.613. The van der Waals surface area contributed by atoms with Crippen molar-refractivity contribution < 1.29 is 18.8 Å². The van der Waals surface area contributed by atoms with Crippen molar-refractivity contribution in [3.8, 4) is 0 Å². The monoisotopic (exact) mass is 198 g/mol. The Hall–Kier alpha value is -1.10. The molecule has 1 rings (SSSR count). The van der Waals surface area contributed by atoms with Gasteiger partial charge in [0.05, 0.1) is 12.3 Å². The van der Waals surface area contributed by atoms with Crippen LogP contribution in [0.15, 0.2) is 11.8 Å². The fraction of sp³-hybridized carbons (Fsp3) is 0.500. The first-order valence-corrected chi connectivity index (χ1v) is 6.00. The molecule has 1 aliphatic rings. The van der Waals surface area contributed by atoms with Crippen LogP contribution in [-0.2, 0) is 18.8 Å². The highest BCUT2D eigenvalue weighted by atomic mass is 28.3. The maximum Gasteiger partial charge on any atom is 0.317 e. The Morgan fingerprint density at radius 1 is 1.62 bits per heavy atom. The molecule has 4 nitrogen and oxygen atoms in total. The average molecular weight is 198 g/mol. The van der Waals surface area contributed by atoms with Gasteiger partial charge in [0.1, 0.15) is 0 Å². The van der Waals surface area contributed by atoms with Gasteiger partial charge in [-0.25, -0.2) is 0 Å². The molecule has 70 valence electrons. The summed E-state index contributed by atoms with van der Waals surface area (Å²) in [7, 11) is -1.62. The Labute approximate surface area is 77.2 Å². The van der Waals surface area contributed by atoms with Crippen molar-refractivity contribution in [1.82, 2.24) is 0 Å². The van der Waals surface area contributed by atoms with E-state index in [4.69, 9.17) is 0 Å². The Balaban J connectivity index is 2.42. The summed E-state index contributed by atoms with van der Waals surface area (Å²) in [6, 6.07) is 0. The van der Waals surface area contributed by atoms with Crippen LogP contribution in [0.5, 0.6) is 0 Å². The molecule has 0 amide bonds. The molecule has 0 spiro atoms. The summed E-state index contributed by atoms with van der Waals surface area (Å²) in [4.78, 5) is 21.6. The van der Waals surface area contributed by atoms with Crippen molar-refractivity contribution in [1.29, 1.82) is 0 Å². The SMILES string of the molecule is C[Si](=O)/C=C/CC1CC(=O)OC1=O. The standard InChI is InChI=1S/C8H10O4Si/c1-13(11)4-2-3-6-5-7(9)12-8(6)10/h2,4,6H,3,5H2,1H3/b4-2+. The number of esters is 2. The molecule has 0 radical (unpaired) electrons. The molecule has 1 aliphatic heterocycles. The summed E-state index contributed by atoms with van der Waals surface area (Å²) in [5.41, 5.74) is 1.57. The molecule has 5 heteroatoms. The van der Waals surface area contributed by atoms with Gasteiger partial charge < -0.3 is 9.20 Å². The molecule has 0 aromatic carbocycles. The van der Waals surface area contributed by atoms with E-state index in [2.05, 4.69) is 4.74 Å². The maximum absolute atomic E-state index is 10.9. The summed E-state index contributed by atoms with van der Waals surface area (Å²) in [6.07, 6.45) is 2.26. The van der Waals surface area contributed by atoms with E-state index in [1.165, 1.54) is 0 Å². The topological polar surface area (TPSA) is 60.4 Å². The zero-order valence-corrected chi connectivity index (χ0v) is 8.28. The Morgan fingerprint density at radius 2 is 2.31 bits per heavy atom. The summed E-state index contributed by atoms with van der Waals surface area (Å²) in [6.45, 7) is 1.61. The van der Waals surface area contributed by atoms with Gasteiger partial charge in [0.2, 0.25) is 0 Å². The van der Waals surface area contributed by atoms with Crippen LogP contribution in [0.3, 0.4) is 0 Å². The second-order valence-corrected chi connectivity index (χ2v) is 4.50. The van der Waals surface area contributed by atoms with E-state index in [0.29, 0.717) is 6.42 Å². The molecule has 0 saturated carbocycles. The first kappa shape index (κ1) is 9.98. The van der Waals surface area contributed by atoms with Gasteiger partial charge in [-0.15, -0.1) is 0 Å². The van der Waals surface area contributed by atoms with E-state index < -0.39 is 20.6 Å². The van der Waals surface area contributed by atoms with E-state index in [1.807, 2.05) is 0 Å². The molecular weight excluding hydrogens is 188 g/mol. The lowest BCUT2D eigenvalue weighted by Crippen LogP contribution is -2.06. The fourth-order valence-electron chi connectivity index (χ4n) is 1.10. The van der Waals surface area contributed by atoms with E-state index in [-0.39, 0.29) is 12.3 Å². The largest absolute Gasteiger partial charge is 0.393 e. The number of hydrogen-bond donors (Lipinski definition) is 0. The molecule has 1 unspecified atom stereocenters. The minimum Gasteiger partial charge on any atom is -0.393 e. The molecule has 13 heavy (non-hydrogen) atoms. The molecule has 1 heterocycles. The molecular formula is C8H10O4Si. The number of ether oxygens (including phenoxy) is 1. The van der Waals surface area contributed by atoms with Crippen molar-refractivity contribution in [3.05, 3.63) is 11.8 Å². The maximum atomic E-state index is 10.9. The van der Waals surface area contributed by atoms with Crippen LogP contribution in [0, 0.1) is 5.92 Å². The molecule has 1 saturated heterocycles. The third kappa shape index (κ3) is 3.02. The van der Waals surface area contributed by atoms with Gasteiger partial charge in [0.15, 0.2) is 0 Å². The van der Waals surface area contributed by atoms with Crippen molar-refractivity contribution in [3.63, 3.8) is 0 Å². The van der Waals surface area contributed by atoms with Crippen LogP contribution in [-0.4, -0.2) is 20.6 Å². The minimum atomic E-state index is -1.62. The molecule has 0 N–H and O–H groups in total. The van der Waals surface area contributed by atoms with Crippen molar-refractivity contribution >= 4 is 20.6 Å². The van der Waals surface area contributed by atoms with Crippen molar-refractivity contribution in [2.24, 2.45) is 5.92 Å². The predicted molar refractivity (Wildman–Crippen MR) is 45.3 cm³/mol. The lowest BCUT2D eigenvalue weighted by Gasteiger charge is -1.96. The highest BCUT2D eigenvalue weighted by molar-refractivity contribution is 6.47. The van der Waals surface area contributed by atoms with Crippen molar-refractivity contribution in [2.45, 2.75) is 19.4 Å². The van der Waals surface area contributed by atoms with Gasteiger partial charge in [-0.05, 0) is 18.7 Å². The smallest absolute Gasteiger partial charge is 0.317 e. The highest BCUT2D eigenvalue weighted by Gasteiger charge is 2.32. The number of allylic oxidation sites excluding steroid dienone is 1. The van der Waals surface area contributed by atoms with Gasteiger partial charge in [0.25, 0.3) is 8.68 Å². The normalized spacial score (nSPS) is 22.4. The lowest BCUT2D eigenvalue weighted by atomic mass is 10.0. The van der Waals surface area contributed by atoms with Crippen LogP contribution in [0.1, 0.15) is 12.8 Å². The Bertz CT molecular complexity index is 282. The first-order chi connectivity index (χ1) is 6.09. The fourth-order valence-corrected chi connectivity index (χ4v) is 1.57. The van der Waals surface area contributed by atoms with Crippen LogP contribution < -0.4 is 0 Å². The lowest BCUT2D eigenvalue weighted by molar-refractivity contribution is -0.153. The van der Waals surface area contributed by atoms with Crippen LogP contribution in [0.2, 0.25) is 6.55 Å². The van der Waals surface area contributed by atoms with Gasteiger partial charge in [-0.2, -0.15) is 0 Å². The van der Waals surface area contributed by atoms with Crippen LogP contribution >= 0.6 is 0 Å². The molecule has 0 aliphatic carbocycles. The van der Waals surface area contributed by atoms with Gasteiger partial charge >= 0.3 is 11.9 Å². The molecule has 0 aromatic heterocycles. The Morgan fingerprint density at radius 3 is 2.77 bits per heavy atom. The van der Waals surface area contributed by atoms with Gasteiger partial charge in [0, 0.05) is 0 Å². The Kier molecular flexibility index (Phi) is 3.24. The number of carbonyl (C=O) groups is 2. The number of carbonyl (C=O) groups excluding carboxylic acids is 2. The number of cyclic esters (lactones) is 2. The second-order valence-electron chi connectivity index (χ2n) is 2.94. The van der Waals surface area contributed by atoms with Gasteiger partial charge in [-0.3, -0.25) is 9.59 Å². The third-order valence-electron chi connectivity index (χ3n) is 1.73. The zero-order chi connectivity index (χ0) is 9.84. The summed E-state index contributed by atoms with van der Waals surface area (Å²) in [5.74, 6) is -1.30. The summed E-state index contributed by atoms with van der Waals surface area (Å²) in [5, 5.41) is 0. The summed E-state index contributed by atoms with van der Waals surface area (Å²) >= 11 is 0. The van der Waals surface area contributed by atoms with Crippen molar-refractivity contribution in [2.75, 3.05) is 0 Å². The molecule has 1 fully saturated rings. The second kappa shape index (κ2) is 4.22. The third-order valence-corrected chi connectivity index (χ3v) is 2.44. The quantitative estimate of drug-likeness (QED) is 0.379. The van der Waals surface area contributed by atoms with Crippen LogP contribution in [0.4, 0.5) is 0 Å². The zero-order valence-electron chi connectivity index (χ0n) is 7.28. The van der Waals surface area contributed by atoms with E-state index >= 15 is 0 Å². The van der Waals surface area contributed by atoms with Crippen LogP contribution in [0.25, 0.3) is 0 Å². The van der Waals surface area contributed by atoms with E-state index in [1.54, 1.807) is 18.3 Å². The number of hydrogen-bond acceptors (Lipinski definition) is 4. The molecule has 0 aromatic rings. The van der Waals surface area contributed by atoms with E-state index in [0.717, 1.165) is 0 Å². The average Bonchev–Trinajstić information content (AvgIpc) is 2.29. The minimum absolute atomic E-state index is 0.147.